The van der Waals surface area contributed by atoms with Gasteiger partial charge in [-0.2, -0.15) is 0 Å². The molecular weight excluding hydrogens is 260 g/mol. The molecule has 0 aliphatic heterocycles. The fourth-order valence-electron chi connectivity index (χ4n) is 3.36. The first-order valence-electron chi connectivity index (χ1n) is 7.72. The minimum atomic E-state index is 0.121. The molecule has 0 aromatic heterocycles. The Balaban J connectivity index is 2.65. The van der Waals surface area contributed by atoms with Crippen LogP contribution in [0.2, 0.25) is 0 Å². The van der Waals surface area contributed by atoms with Gasteiger partial charge in [0, 0.05) is 11.6 Å². The van der Waals surface area contributed by atoms with Crippen LogP contribution in [0.4, 0.5) is 5.69 Å². The number of hydrogen-bond donors (Lipinski definition) is 2. The van der Waals surface area contributed by atoms with E-state index in [2.05, 4.69) is 52.9 Å². The molecular formula is C18H32N2O. The number of anilines is 1. The van der Waals surface area contributed by atoms with Crippen molar-refractivity contribution >= 4 is 5.69 Å². The van der Waals surface area contributed by atoms with Gasteiger partial charge in [-0.1, -0.05) is 26.8 Å². The maximum absolute atomic E-state index is 5.97. The van der Waals surface area contributed by atoms with Gasteiger partial charge in [0.25, 0.3) is 0 Å². The molecule has 3 heteroatoms. The fraction of sp³-hybridized carbons (Fsp3) is 0.667. The second-order valence-corrected chi connectivity index (χ2v) is 7.95. The normalized spacial score (nSPS) is 14.0. The summed E-state index contributed by atoms with van der Waals surface area (Å²) in [7, 11) is 1.64. The molecule has 0 aliphatic rings. The van der Waals surface area contributed by atoms with E-state index in [0.29, 0.717) is 17.1 Å². The number of rotatable bonds is 6. The lowest BCUT2D eigenvalue weighted by Gasteiger charge is -2.36. The topological polar surface area (TPSA) is 47.3 Å². The van der Waals surface area contributed by atoms with Crippen LogP contribution < -0.4 is 15.8 Å². The highest BCUT2D eigenvalue weighted by atomic mass is 16.5. The lowest BCUT2D eigenvalue weighted by atomic mass is 9.81. The number of methoxy groups -OCH3 is 1. The van der Waals surface area contributed by atoms with E-state index in [-0.39, 0.29) is 5.54 Å². The van der Waals surface area contributed by atoms with Crippen LogP contribution in [0.15, 0.2) is 18.2 Å². The van der Waals surface area contributed by atoms with Crippen LogP contribution in [0.1, 0.15) is 53.5 Å². The minimum Gasteiger partial charge on any atom is -0.495 e. The SMILES string of the molecule is COc1ccc(CC(C)NC(C)(C)CC(C)(C)C)cc1N. The molecule has 3 N–H and O–H groups in total. The highest BCUT2D eigenvalue weighted by molar-refractivity contribution is 5.54. The molecule has 0 spiro atoms. The van der Waals surface area contributed by atoms with Crippen molar-refractivity contribution in [1.29, 1.82) is 0 Å². The molecule has 0 heterocycles. The van der Waals surface area contributed by atoms with E-state index in [4.69, 9.17) is 10.5 Å². The largest absolute Gasteiger partial charge is 0.495 e. The van der Waals surface area contributed by atoms with E-state index >= 15 is 0 Å². The van der Waals surface area contributed by atoms with E-state index in [1.54, 1.807) is 7.11 Å². The number of nitrogens with one attached hydrogen (secondary N) is 1. The van der Waals surface area contributed by atoms with Crippen molar-refractivity contribution in [2.24, 2.45) is 5.41 Å². The first kappa shape index (κ1) is 17.8. The molecule has 0 saturated carbocycles. The summed E-state index contributed by atoms with van der Waals surface area (Å²) >= 11 is 0. The van der Waals surface area contributed by atoms with Gasteiger partial charge < -0.3 is 15.8 Å². The third-order valence-corrected chi connectivity index (χ3v) is 3.45. The Morgan fingerprint density at radius 3 is 2.29 bits per heavy atom. The smallest absolute Gasteiger partial charge is 0.141 e. The lowest BCUT2D eigenvalue weighted by Crippen LogP contribution is -2.47. The van der Waals surface area contributed by atoms with Crippen LogP contribution in [0, 0.1) is 5.41 Å². The van der Waals surface area contributed by atoms with Gasteiger partial charge in [-0.05, 0) is 56.7 Å². The zero-order chi connectivity index (χ0) is 16.3. The lowest BCUT2D eigenvalue weighted by molar-refractivity contribution is 0.226. The molecule has 120 valence electrons. The van der Waals surface area contributed by atoms with Crippen LogP contribution in [0.5, 0.6) is 5.75 Å². The fourth-order valence-corrected chi connectivity index (χ4v) is 3.36. The van der Waals surface area contributed by atoms with Gasteiger partial charge >= 0.3 is 0 Å². The first-order valence-corrected chi connectivity index (χ1v) is 7.72. The van der Waals surface area contributed by atoms with Gasteiger partial charge in [0.15, 0.2) is 0 Å². The Morgan fingerprint density at radius 2 is 1.81 bits per heavy atom. The van der Waals surface area contributed by atoms with Crippen molar-refractivity contribution < 1.29 is 4.74 Å². The summed E-state index contributed by atoms with van der Waals surface area (Å²) < 4.78 is 5.20. The number of benzene rings is 1. The predicted molar refractivity (Wildman–Crippen MR) is 91.9 cm³/mol. The van der Waals surface area contributed by atoms with Gasteiger partial charge in [0.1, 0.15) is 5.75 Å². The summed E-state index contributed by atoms with van der Waals surface area (Å²) in [5.41, 5.74) is 8.35. The zero-order valence-electron chi connectivity index (χ0n) is 14.7. The second-order valence-electron chi connectivity index (χ2n) is 7.95. The molecule has 0 radical (unpaired) electrons. The molecule has 3 nitrogen and oxygen atoms in total. The van der Waals surface area contributed by atoms with Crippen LogP contribution >= 0.6 is 0 Å². The van der Waals surface area contributed by atoms with Crippen molar-refractivity contribution in [1.82, 2.24) is 5.32 Å². The summed E-state index contributed by atoms with van der Waals surface area (Å²) in [6.07, 6.45) is 2.09. The van der Waals surface area contributed by atoms with E-state index in [1.165, 1.54) is 5.56 Å². The summed E-state index contributed by atoms with van der Waals surface area (Å²) in [6, 6.07) is 6.44. The standard InChI is InChI=1S/C18H32N2O/c1-13(20-18(5,6)12-17(2,3)4)10-14-8-9-16(21-7)15(19)11-14/h8-9,11,13,20H,10,12,19H2,1-7H3. The Morgan fingerprint density at radius 1 is 1.19 bits per heavy atom. The maximum Gasteiger partial charge on any atom is 0.141 e. The van der Waals surface area contributed by atoms with E-state index in [0.717, 1.165) is 18.6 Å². The molecule has 0 amide bonds. The Bertz CT molecular complexity index is 461. The number of ether oxygens (including phenoxy) is 1. The van der Waals surface area contributed by atoms with Crippen molar-refractivity contribution in [2.45, 2.75) is 66.0 Å². The number of nitrogen functional groups attached to an aromatic ring is 1. The zero-order valence-corrected chi connectivity index (χ0v) is 14.7. The van der Waals surface area contributed by atoms with Gasteiger partial charge in [-0.15, -0.1) is 0 Å². The molecule has 0 aliphatic carbocycles. The van der Waals surface area contributed by atoms with Crippen LogP contribution in [0.3, 0.4) is 0 Å². The quantitative estimate of drug-likeness (QED) is 0.779. The summed E-state index contributed by atoms with van der Waals surface area (Å²) in [6.45, 7) is 13.6. The minimum absolute atomic E-state index is 0.121. The third-order valence-electron chi connectivity index (χ3n) is 3.45. The van der Waals surface area contributed by atoms with Gasteiger partial charge in [0.2, 0.25) is 0 Å². The molecule has 1 aromatic carbocycles. The van der Waals surface area contributed by atoms with Crippen LogP contribution in [-0.2, 0) is 6.42 Å². The third kappa shape index (κ3) is 6.38. The Labute approximate surface area is 130 Å². The highest BCUT2D eigenvalue weighted by Gasteiger charge is 2.26. The second kappa shape index (κ2) is 6.69. The molecule has 0 saturated heterocycles. The predicted octanol–water partition coefficient (Wildman–Crippen LogP) is 4.01. The maximum atomic E-state index is 5.97. The number of nitrogens with two attached hydrogens (primary N) is 1. The summed E-state index contributed by atoms with van der Waals surface area (Å²) in [5.74, 6) is 0.743. The average Bonchev–Trinajstić information content (AvgIpc) is 2.24. The summed E-state index contributed by atoms with van der Waals surface area (Å²) in [5, 5.41) is 3.74. The highest BCUT2D eigenvalue weighted by Crippen LogP contribution is 2.28. The number of hydrogen-bond acceptors (Lipinski definition) is 3. The van der Waals surface area contributed by atoms with Crippen molar-refractivity contribution in [3.05, 3.63) is 23.8 Å². The van der Waals surface area contributed by atoms with Gasteiger partial charge in [-0.3, -0.25) is 0 Å². The Hall–Kier alpha value is -1.22. The molecule has 1 atom stereocenters. The first-order chi connectivity index (χ1) is 9.52. The van der Waals surface area contributed by atoms with Crippen molar-refractivity contribution in [2.75, 3.05) is 12.8 Å². The van der Waals surface area contributed by atoms with Gasteiger partial charge in [0.05, 0.1) is 12.8 Å². The Kier molecular flexibility index (Phi) is 5.68. The van der Waals surface area contributed by atoms with Crippen molar-refractivity contribution in [3.63, 3.8) is 0 Å². The molecule has 0 fully saturated rings. The van der Waals surface area contributed by atoms with Crippen molar-refractivity contribution in [3.8, 4) is 5.75 Å². The van der Waals surface area contributed by atoms with Gasteiger partial charge in [-0.25, -0.2) is 0 Å². The van der Waals surface area contributed by atoms with Crippen LogP contribution in [-0.4, -0.2) is 18.7 Å². The molecule has 1 rings (SSSR count). The summed E-state index contributed by atoms with van der Waals surface area (Å²) in [4.78, 5) is 0. The van der Waals surface area contributed by atoms with Crippen LogP contribution in [0.25, 0.3) is 0 Å². The molecule has 0 bridgehead atoms. The van der Waals surface area contributed by atoms with E-state index in [1.807, 2.05) is 12.1 Å². The monoisotopic (exact) mass is 292 g/mol. The average molecular weight is 292 g/mol. The molecule has 1 unspecified atom stereocenters. The molecule has 1 aromatic rings. The van der Waals surface area contributed by atoms with E-state index < -0.39 is 0 Å². The van der Waals surface area contributed by atoms with E-state index in [9.17, 15) is 0 Å². The molecule has 21 heavy (non-hydrogen) atoms.